The average Bonchev–Trinajstić information content (AvgIpc) is 2.99. The van der Waals surface area contributed by atoms with Gasteiger partial charge in [-0.3, -0.25) is 0 Å². The van der Waals surface area contributed by atoms with Gasteiger partial charge in [-0.05, 0) is 12.8 Å². The molecule has 0 atom stereocenters. The second kappa shape index (κ2) is 4.08. The minimum atomic E-state index is -4.52. The van der Waals surface area contributed by atoms with Crippen molar-refractivity contribution in [1.82, 2.24) is 14.3 Å². The molecule has 17 heavy (non-hydrogen) atoms. The van der Waals surface area contributed by atoms with E-state index in [1.807, 2.05) is 0 Å². The van der Waals surface area contributed by atoms with Gasteiger partial charge >= 0.3 is 6.18 Å². The first-order valence-corrected chi connectivity index (χ1v) is 6.77. The largest absolute Gasteiger partial charge is 0.407 e. The molecule has 1 aliphatic heterocycles. The van der Waals surface area contributed by atoms with Gasteiger partial charge in [-0.1, -0.05) is 0 Å². The lowest BCUT2D eigenvalue weighted by Crippen LogP contribution is -2.56. The fourth-order valence-corrected chi connectivity index (χ4v) is 3.37. The van der Waals surface area contributed by atoms with Crippen LogP contribution in [0.2, 0.25) is 0 Å². The van der Waals surface area contributed by atoms with Gasteiger partial charge in [0, 0.05) is 26.2 Å². The lowest BCUT2D eigenvalue weighted by Gasteiger charge is -2.29. The van der Waals surface area contributed by atoms with E-state index in [0.29, 0.717) is 13.1 Å². The van der Waals surface area contributed by atoms with Gasteiger partial charge in [-0.15, -0.1) is 0 Å². The molecule has 1 saturated heterocycles. The number of hydrogen-bond donors (Lipinski definition) is 2. The van der Waals surface area contributed by atoms with Crippen molar-refractivity contribution in [3.63, 3.8) is 0 Å². The van der Waals surface area contributed by atoms with Crippen LogP contribution >= 0.6 is 0 Å². The fourth-order valence-electron chi connectivity index (χ4n) is 1.76. The second-order valence-electron chi connectivity index (χ2n) is 4.34. The maximum absolute atomic E-state index is 12.6. The monoisotopic (exact) mass is 273 g/mol. The van der Waals surface area contributed by atoms with Crippen molar-refractivity contribution in [3.05, 3.63) is 0 Å². The van der Waals surface area contributed by atoms with Gasteiger partial charge in [0.1, 0.15) is 5.54 Å². The Morgan fingerprint density at radius 1 is 1.18 bits per heavy atom. The summed E-state index contributed by atoms with van der Waals surface area (Å²) < 4.78 is 64.3. The van der Waals surface area contributed by atoms with Gasteiger partial charge in [-0.25, -0.2) is 0 Å². The molecule has 1 heterocycles. The first-order chi connectivity index (χ1) is 7.77. The molecule has 1 aliphatic carbocycles. The number of hydrogen-bond acceptors (Lipinski definition) is 3. The summed E-state index contributed by atoms with van der Waals surface area (Å²) in [6.45, 7) is 1.31. The topological polar surface area (TPSA) is 61.4 Å². The van der Waals surface area contributed by atoms with Crippen LogP contribution in [0.25, 0.3) is 0 Å². The molecule has 0 unspecified atom stereocenters. The third-order valence-electron chi connectivity index (χ3n) is 3.03. The van der Waals surface area contributed by atoms with Crippen LogP contribution in [-0.4, -0.2) is 50.6 Å². The zero-order chi connectivity index (χ0) is 12.7. The Morgan fingerprint density at radius 2 is 1.71 bits per heavy atom. The fraction of sp³-hybridized carbons (Fsp3) is 1.00. The molecule has 1 saturated carbocycles. The Morgan fingerprint density at radius 3 is 2.12 bits per heavy atom. The molecule has 9 heteroatoms. The van der Waals surface area contributed by atoms with Crippen LogP contribution in [0.5, 0.6) is 0 Å². The summed E-state index contributed by atoms with van der Waals surface area (Å²) >= 11 is 0. The first kappa shape index (κ1) is 13.1. The summed E-state index contributed by atoms with van der Waals surface area (Å²) in [5.74, 6) is 0. The van der Waals surface area contributed by atoms with E-state index in [4.69, 9.17) is 0 Å². The van der Waals surface area contributed by atoms with E-state index in [-0.39, 0.29) is 25.9 Å². The van der Waals surface area contributed by atoms with E-state index in [1.54, 1.807) is 4.72 Å². The number of nitrogens with one attached hydrogen (secondary N) is 2. The third kappa shape index (κ3) is 2.56. The average molecular weight is 273 g/mol. The minimum absolute atomic E-state index is 0.179. The Bertz CT molecular complexity index is 385. The van der Waals surface area contributed by atoms with Crippen LogP contribution in [0.15, 0.2) is 0 Å². The zero-order valence-corrected chi connectivity index (χ0v) is 9.86. The summed E-state index contributed by atoms with van der Waals surface area (Å²) in [7, 11) is -4.04. The van der Waals surface area contributed by atoms with Crippen molar-refractivity contribution in [2.75, 3.05) is 26.2 Å². The molecule has 0 aromatic carbocycles. The number of piperazine rings is 1. The van der Waals surface area contributed by atoms with Crippen LogP contribution in [0.4, 0.5) is 13.2 Å². The lowest BCUT2D eigenvalue weighted by atomic mass is 10.3. The molecule has 0 radical (unpaired) electrons. The Balaban J connectivity index is 2.07. The minimum Gasteiger partial charge on any atom is -0.314 e. The molecule has 0 aromatic rings. The number of rotatable bonds is 3. The van der Waals surface area contributed by atoms with E-state index < -0.39 is 21.9 Å². The van der Waals surface area contributed by atoms with Crippen LogP contribution in [0.1, 0.15) is 12.8 Å². The van der Waals surface area contributed by atoms with E-state index in [0.717, 1.165) is 4.31 Å². The van der Waals surface area contributed by atoms with E-state index in [2.05, 4.69) is 5.32 Å². The summed E-state index contributed by atoms with van der Waals surface area (Å²) in [5.41, 5.74) is -2.23. The molecule has 2 rings (SSSR count). The first-order valence-electron chi connectivity index (χ1n) is 5.33. The lowest BCUT2D eigenvalue weighted by molar-refractivity contribution is -0.161. The molecule has 100 valence electrons. The Labute approximate surface area is 97.5 Å². The van der Waals surface area contributed by atoms with Crippen molar-refractivity contribution < 1.29 is 21.6 Å². The van der Waals surface area contributed by atoms with Gasteiger partial charge in [-0.2, -0.15) is 30.6 Å². The normalized spacial score (nSPS) is 25.8. The van der Waals surface area contributed by atoms with Crippen molar-refractivity contribution in [3.8, 4) is 0 Å². The zero-order valence-electron chi connectivity index (χ0n) is 9.05. The van der Waals surface area contributed by atoms with Gasteiger partial charge in [0.25, 0.3) is 10.2 Å². The smallest absolute Gasteiger partial charge is 0.314 e. The van der Waals surface area contributed by atoms with Crippen molar-refractivity contribution in [2.45, 2.75) is 24.6 Å². The quantitative estimate of drug-likeness (QED) is 0.750. The summed E-state index contributed by atoms with van der Waals surface area (Å²) in [4.78, 5) is 0. The maximum Gasteiger partial charge on any atom is 0.407 e. The maximum atomic E-state index is 12.6. The Kier molecular flexibility index (Phi) is 3.13. The van der Waals surface area contributed by atoms with Crippen LogP contribution in [-0.2, 0) is 10.2 Å². The van der Waals surface area contributed by atoms with E-state index >= 15 is 0 Å². The van der Waals surface area contributed by atoms with E-state index in [1.165, 1.54) is 0 Å². The molecule has 0 spiro atoms. The van der Waals surface area contributed by atoms with E-state index in [9.17, 15) is 21.6 Å². The van der Waals surface area contributed by atoms with Crippen LogP contribution in [0, 0.1) is 0 Å². The van der Waals surface area contributed by atoms with Gasteiger partial charge in [0.15, 0.2) is 0 Å². The van der Waals surface area contributed by atoms with Gasteiger partial charge in [0.05, 0.1) is 0 Å². The van der Waals surface area contributed by atoms with Crippen molar-refractivity contribution in [2.24, 2.45) is 0 Å². The molecular formula is C8H14F3N3O2S. The van der Waals surface area contributed by atoms with Crippen molar-refractivity contribution in [1.29, 1.82) is 0 Å². The highest BCUT2D eigenvalue weighted by Gasteiger charge is 2.65. The van der Waals surface area contributed by atoms with Crippen LogP contribution < -0.4 is 10.0 Å². The predicted octanol–water partition coefficient (Wildman–Crippen LogP) is -0.179. The summed E-state index contributed by atoms with van der Waals surface area (Å²) in [6.07, 6.45) is -4.88. The molecule has 0 bridgehead atoms. The second-order valence-corrected chi connectivity index (χ2v) is 6.01. The molecule has 2 fully saturated rings. The van der Waals surface area contributed by atoms with Gasteiger partial charge in [0.2, 0.25) is 0 Å². The van der Waals surface area contributed by atoms with Gasteiger partial charge < -0.3 is 5.32 Å². The number of alkyl halides is 3. The summed E-state index contributed by atoms with van der Waals surface area (Å²) in [6, 6.07) is 0. The number of nitrogens with zero attached hydrogens (tertiary/aromatic N) is 1. The highest BCUT2D eigenvalue weighted by atomic mass is 32.2. The predicted molar refractivity (Wildman–Crippen MR) is 54.5 cm³/mol. The molecule has 2 N–H and O–H groups in total. The molecule has 0 amide bonds. The molecule has 2 aliphatic rings. The molecule has 5 nitrogen and oxygen atoms in total. The molecular weight excluding hydrogens is 259 g/mol. The standard InChI is InChI=1S/C8H14F3N3O2S/c9-8(10,11)7(1-2-7)13-17(15,16)14-5-3-12-4-6-14/h12-13H,1-6H2. The summed E-state index contributed by atoms with van der Waals surface area (Å²) in [5, 5.41) is 2.94. The highest BCUT2D eigenvalue weighted by Crippen LogP contribution is 2.49. The third-order valence-corrected chi connectivity index (χ3v) is 4.73. The SMILES string of the molecule is O=S(=O)(NC1(C(F)(F)F)CC1)N1CCNCC1. The molecule has 0 aromatic heterocycles. The highest BCUT2D eigenvalue weighted by molar-refractivity contribution is 7.87. The van der Waals surface area contributed by atoms with Crippen molar-refractivity contribution >= 4 is 10.2 Å². The van der Waals surface area contributed by atoms with Crippen LogP contribution in [0.3, 0.4) is 0 Å². The number of halogens is 3. The Hall–Kier alpha value is -0.380.